The van der Waals surface area contributed by atoms with E-state index in [9.17, 15) is 4.79 Å². The number of rotatable bonds is 9. The highest BCUT2D eigenvalue weighted by atomic mass is 35.5. The number of amides is 1. The first-order valence-corrected chi connectivity index (χ1v) is 10.8. The number of thiophene rings is 1. The van der Waals surface area contributed by atoms with E-state index in [0.717, 1.165) is 37.1 Å². The average Bonchev–Trinajstić information content (AvgIpc) is 3.11. The van der Waals surface area contributed by atoms with Gasteiger partial charge in [0.05, 0.1) is 22.9 Å². The average molecular weight is 426 g/mol. The number of halogens is 1. The third-order valence-electron chi connectivity index (χ3n) is 4.88. The lowest BCUT2D eigenvalue weighted by molar-refractivity contribution is -1.01. The van der Waals surface area contributed by atoms with Crippen LogP contribution in [0.3, 0.4) is 0 Å². The molecule has 2 aromatic rings. The van der Waals surface area contributed by atoms with Crippen LogP contribution in [0.2, 0.25) is 4.34 Å². The molecule has 2 heterocycles. The lowest BCUT2D eigenvalue weighted by Gasteiger charge is -2.29. The number of piperazine rings is 1. The second-order valence-corrected chi connectivity index (χ2v) is 8.71. The molecule has 1 aromatic heterocycles. The van der Waals surface area contributed by atoms with E-state index >= 15 is 0 Å². The van der Waals surface area contributed by atoms with Crippen molar-refractivity contribution in [3.05, 3.63) is 45.6 Å². The van der Waals surface area contributed by atoms with Gasteiger partial charge in [0.25, 0.3) is 5.91 Å². The molecule has 28 heavy (non-hydrogen) atoms. The number of methoxy groups -OCH3 is 1. The summed E-state index contributed by atoms with van der Waals surface area (Å²) in [4.78, 5) is 16.4. The van der Waals surface area contributed by atoms with Crippen molar-refractivity contribution in [2.75, 3.05) is 53.0 Å². The Morgan fingerprint density at radius 3 is 2.50 bits per heavy atom. The van der Waals surface area contributed by atoms with Gasteiger partial charge in [0, 0.05) is 0 Å². The highest BCUT2D eigenvalue weighted by Crippen LogP contribution is 2.25. The maximum atomic E-state index is 12.2. The summed E-state index contributed by atoms with van der Waals surface area (Å²) in [6.07, 6.45) is 0. The summed E-state index contributed by atoms with van der Waals surface area (Å²) in [6, 6.07) is 11.6. The van der Waals surface area contributed by atoms with E-state index in [1.807, 2.05) is 30.3 Å². The topological polar surface area (TPSA) is 56.4 Å². The van der Waals surface area contributed by atoms with E-state index < -0.39 is 0 Å². The SMILES string of the molecule is COc1ccccc1OCCNC(=O)C[NH+]1CC[NH+](Cc2ccc(Cl)s2)CC1. The van der Waals surface area contributed by atoms with Gasteiger partial charge in [-0.25, -0.2) is 0 Å². The monoisotopic (exact) mass is 425 g/mol. The fraction of sp³-hybridized carbons (Fsp3) is 0.450. The highest BCUT2D eigenvalue weighted by molar-refractivity contribution is 7.16. The number of para-hydroxylation sites is 2. The Balaban J connectivity index is 1.30. The minimum atomic E-state index is 0.0760. The molecule has 6 nitrogen and oxygen atoms in total. The van der Waals surface area contributed by atoms with Crippen LogP contribution in [0.5, 0.6) is 11.5 Å². The molecule has 1 aliphatic rings. The zero-order valence-electron chi connectivity index (χ0n) is 16.1. The molecule has 3 rings (SSSR count). The van der Waals surface area contributed by atoms with Gasteiger partial charge in [-0.05, 0) is 24.3 Å². The van der Waals surface area contributed by atoms with Crippen molar-refractivity contribution in [3.8, 4) is 11.5 Å². The zero-order valence-corrected chi connectivity index (χ0v) is 17.7. The molecule has 1 saturated heterocycles. The predicted molar refractivity (Wildman–Crippen MR) is 111 cm³/mol. The second kappa shape index (κ2) is 10.7. The van der Waals surface area contributed by atoms with E-state index in [4.69, 9.17) is 21.1 Å². The Morgan fingerprint density at radius 2 is 1.82 bits per heavy atom. The standard InChI is InChI=1S/C20H26ClN3O3S/c1-26-17-4-2-3-5-18(17)27-13-8-22-20(25)15-24-11-9-23(10-12-24)14-16-6-7-19(21)28-16/h2-7H,8-15H2,1H3,(H,22,25)/p+2. The van der Waals surface area contributed by atoms with E-state index in [2.05, 4.69) is 11.4 Å². The summed E-state index contributed by atoms with van der Waals surface area (Å²) in [6.45, 7) is 6.64. The Kier molecular flexibility index (Phi) is 7.97. The van der Waals surface area contributed by atoms with Crippen LogP contribution in [-0.2, 0) is 11.3 Å². The van der Waals surface area contributed by atoms with E-state index in [0.29, 0.717) is 31.2 Å². The van der Waals surface area contributed by atoms with Crippen LogP contribution in [-0.4, -0.2) is 58.9 Å². The number of benzene rings is 1. The second-order valence-electron chi connectivity index (χ2n) is 6.91. The largest absolute Gasteiger partial charge is 0.493 e. The molecule has 0 aliphatic carbocycles. The van der Waals surface area contributed by atoms with Crippen molar-refractivity contribution in [2.45, 2.75) is 6.54 Å². The Hall–Kier alpha value is -1.80. The molecule has 3 N–H and O–H groups in total. The molecule has 0 bridgehead atoms. The van der Waals surface area contributed by atoms with Crippen LogP contribution >= 0.6 is 22.9 Å². The minimum absolute atomic E-state index is 0.0760. The Morgan fingerprint density at radius 1 is 1.11 bits per heavy atom. The molecule has 8 heteroatoms. The first kappa shape index (κ1) is 20.9. The smallest absolute Gasteiger partial charge is 0.275 e. The number of quaternary nitrogens is 2. The number of ether oxygens (including phenoxy) is 2. The Labute approximate surface area is 175 Å². The lowest BCUT2D eigenvalue weighted by Crippen LogP contribution is -3.28. The molecular formula is C20H28ClN3O3S+2. The number of nitrogens with one attached hydrogen (secondary N) is 3. The molecule has 1 amide bonds. The molecule has 152 valence electrons. The van der Waals surface area contributed by atoms with Crippen LogP contribution in [0.4, 0.5) is 0 Å². The molecule has 1 aromatic carbocycles. The molecule has 1 aliphatic heterocycles. The summed E-state index contributed by atoms with van der Waals surface area (Å²) < 4.78 is 11.8. The number of hydrogen-bond donors (Lipinski definition) is 3. The molecule has 0 unspecified atom stereocenters. The summed E-state index contributed by atoms with van der Waals surface area (Å²) in [5.41, 5.74) is 0. The molecule has 0 saturated carbocycles. The molecule has 0 atom stereocenters. The molecule has 1 fully saturated rings. The van der Waals surface area contributed by atoms with Crippen molar-refractivity contribution in [1.29, 1.82) is 0 Å². The fourth-order valence-electron chi connectivity index (χ4n) is 3.38. The summed E-state index contributed by atoms with van der Waals surface area (Å²) >= 11 is 7.66. The summed E-state index contributed by atoms with van der Waals surface area (Å²) in [7, 11) is 1.61. The maximum Gasteiger partial charge on any atom is 0.275 e. The minimum Gasteiger partial charge on any atom is -0.493 e. The molecular weight excluding hydrogens is 398 g/mol. The van der Waals surface area contributed by atoms with Crippen molar-refractivity contribution in [1.82, 2.24) is 5.32 Å². The van der Waals surface area contributed by atoms with Crippen LogP contribution < -0.4 is 24.6 Å². The van der Waals surface area contributed by atoms with Gasteiger partial charge in [-0.3, -0.25) is 4.79 Å². The van der Waals surface area contributed by atoms with Crippen molar-refractivity contribution in [3.63, 3.8) is 0 Å². The first-order valence-electron chi connectivity index (χ1n) is 9.58. The van der Waals surface area contributed by atoms with E-state index in [-0.39, 0.29) is 5.91 Å². The van der Waals surface area contributed by atoms with Crippen LogP contribution in [0, 0.1) is 0 Å². The van der Waals surface area contributed by atoms with Crippen molar-refractivity contribution < 1.29 is 24.1 Å². The fourth-order valence-corrected chi connectivity index (χ4v) is 4.54. The van der Waals surface area contributed by atoms with Gasteiger partial charge >= 0.3 is 0 Å². The molecule has 0 radical (unpaired) electrons. The first-order chi connectivity index (χ1) is 13.6. The summed E-state index contributed by atoms with van der Waals surface area (Å²) in [5.74, 6) is 1.46. The zero-order chi connectivity index (χ0) is 19.8. The van der Waals surface area contributed by atoms with Crippen molar-refractivity contribution in [2.24, 2.45) is 0 Å². The maximum absolute atomic E-state index is 12.2. The van der Waals surface area contributed by atoms with Gasteiger partial charge in [-0.1, -0.05) is 23.7 Å². The number of carbonyl (C=O) groups is 1. The van der Waals surface area contributed by atoms with Crippen LogP contribution in [0.25, 0.3) is 0 Å². The van der Waals surface area contributed by atoms with Gasteiger partial charge in [0.15, 0.2) is 18.0 Å². The van der Waals surface area contributed by atoms with Crippen LogP contribution in [0.15, 0.2) is 36.4 Å². The van der Waals surface area contributed by atoms with Gasteiger partial charge in [0.2, 0.25) is 0 Å². The predicted octanol–water partition coefficient (Wildman–Crippen LogP) is -0.111. The van der Waals surface area contributed by atoms with Gasteiger partial charge < -0.3 is 24.6 Å². The van der Waals surface area contributed by atoms with Gasteiger partial charge in [-0.15, -0.1) is 11.3 Å². The highest BCUT2D eigenvalue weighted by Gasteiger charge is 2.25. The van der Waals surface area contributed by atoms with E-state index in [1.165, 1.54) is 9.78 Å². The number of carbonyl (C=O) groups excluding carboxylic acids is 1. The lowest BCUT2D eigenvalue weighted by atomic mass is 10.3. The quantitative estimate of drug-likeness (QED) is 0.491. The normalized spacial score (nSPS) is 19.2. The van der Waals surface area contributed by atoms with Crippen molar-refractivity contribution >= 4 is 28.8 Å². The summed E-state index contributed by atoms with van der Waals surface area (Å²) in [5, 5.41) is 2.95. The van der Waals surface area contributed by atoms with Gasteiger partial charge in [-0.2, -0.15) is 0 Å². The third kappa shape index (κ3) is 6.38. The Bertz CT molecular complexity index is 763. The third-order valence-corrected chi connectivity index (χ3v) is 6.11. The van der Waals surface area contributed by atoms with E-state index in [1.54, 1.807) is 23.3 Å². The number of hydrogen-bond acceptors (Lipinski definition) is 4. The molecule has 0 spiro atoms. The van der Waals surface area contributed by atoms with Crippen LogP contribution in [0.1, 0.15) is 4.88 Å². The van der Waals surface area contributed by atoms with Gasteiger partial charge in [0.1, 0.15) is 39.3 Å².